The number of halogens is 1. The second-order valence-corrected chi connectivity index (χ2v) is 5.02. The van der Waals surface area contributed by atoms with Crippen LogP contribution in [-0.2, 0) is 6.42 Å². The number of hydrogen-bond donors (Lipinski definition) is 0. The minimum absolute atomic E-state index is 0.605. The molecule has 0 atom stereocenters. The van der Waals surface area contributed by atoms with E-state index in [0.717, 1.165) is 36.6 Å². The number of nitrogens with zero attached hydrogens (tertiary/aromatic N) is 3. The van der Waals surface area contributed by atoms with Crippen molar-refractivity contribution in [2.45, 2.75) is 52.5 Å². The van der Waals surface area contributed by atoms with Crippen LogP contribution in [0.5, 0.6) is 0 Å². The largest absolute Gasteiger partial charge is 0.353 e. The van der Waals surface area contributed by atoms with Crippen LogP contribution in [0.25, 0.3) is 0 Å². The van der Waals surface area contributed by atoms with E-state index in [1.165, 1.54) is 12.8 Å². The lowest BCUT2D eigenvalue weighted by Gasteiger charge is -2.25. The van der Waals surface area contributed by atoms with Crippen LogP contribution in [0.2, 0.25) is 5.15 Å². The van der Waals surface area contributed by atoms with E-state index >= 15 is 0 Å². The average molecular weight is 254 g/mol. The molecule has 0 aliphatic heterocycles. The Labute approximate surface area is 108 Å². The van der Waals surface area contributed by atoms with Crippen molar-refractivity contribution in [1.82, 2.24) is 9.97 Å². The van der Waals surface area contributed by atoms with Gasteiger partial charge in [-0.2, -0.15) is 0 Å². The highest BCUT2D eigenvalue weighted by atomic mass is 35.5. The number of hydrogen-bond acceptors (Lipinski definition) is 3. The number of rotatable bonds is 5. The van der Waals surface area contributed by atoms with E-state index in [2.05, 4.69) is 28.7 Å². The summed E-state index contributed by atoms with van der Waals surface area (Å²) in [5, 5.41) is 0.605. The maximum absolute atomic E-state index is 6.19. The molecule has 0 unspecified atom stereocenters. The van der Waals surface area contributed by atoms with Gasteiger partial charge >= 0.3 is 0 Å². The summed E-state index contributed by atoms with van der Waals surface area (Å²) in [7, 11) is 0. The summed E-state index contributed by atoms with van der Waals surface area (Å²) >= 11 is 6.19. The number of anilines is 1. The predicted molar refractivity (Wildman–Crippen MR) is 71.8 cm³/mol. The molecule has 1 fully saturated rings. The molecule has 1 heterocycles. The summed E-state index contributed by atoms with van der Waals surface area (Å²) in [5.41, 5.74) is 1.02. The Morgan fingerprint density at radius 3 is 2.53 bits per heavy atom. The Morgan fingerprint density at radius 2 is 2.00 bits per heavy atom. The van der Waals surface area contributed by atoms with Crippen LogP contribution >= 0.6 is 11.6 Å². The van der Waals surface area contributed by atoms with E-state index in [9.17, 15) is 0 Å². The molecule has 17 heavy (non-hydrogen) atoms. The molecular formula is C13H20ClN3. The molecule has 3 nitrogen and oxygen atoms in total. The van der Waals surface area contributed by atoms with E-state index in [-0.39, 0.29) is 0 Å². The third-order valence-corrected chi connectivity index (χ3v) is 3.52. The SMILES string of the molecule is CCCN(c1nc(CC)nc(Cl)c1C)C1CC1. The molecule has 0 amide bonds. The van der Waals surface area contributed by atoms with Gasteiger partial charge in [-0.1, -0.05) is 25.4 Å². The fraction of sp³-hybridized carbons (Fsp3) is 0.692. The zero-order chi connectivity index (χ0) is 12.4. The van der Waals surface area contributed by atoms with Gasteiger partial charge in [0, 0.05) is 24.6 Å². The van der Waals surface area contributed by atoms with Crippen molar-refractivity contribution in [3.8, 4) is 0 Å². The van der Waals surface area contributed by atoms with Crippen LogP contribution in [0, 0.1) is 6.92 Å². The van der Waals surface area contributed by atoms with Crippen LogP contribution in [-0.4, -0.2) is 22.6 Å². The van der Waals surface area contributed by atoms with Crippen molar-refractivity contribution in [2.75, 3.05) is 11.4 Å². The summed E-state index contributed by atoms with van der Waals surface area (Å²) in [5.74, 6) is 1.89. The topological polar surface area (TPSA) is 29.0 Å². The lowest BCUT2D eigenvalue weighted by molar-refractivity contribution is 0.737. The van der Waals surface area contributed by atoms with E-state index in [4.69, 9.17) is 11.6 Å². The Morgan fingerprint density at radius 1 is 1.29 bits per heavy atom. The summed E-state index contributed by atoms with van der Waals surface area (Å²) in [6, 6.07) is 0.671. The molecule has 1 aromatic rings. The van der Waals surface area contributed by atoms with Gasteiger partial charge in [-0.05, 0) is 26.2 Å². The zero-order valence-electron chi connectivity index (χ0n) is 10.8. The second kappa shape index (κ2) is 5.21. The smallest absolute Gasteiger partial charge is 0.137 e. The van der Waals surface area contributed by atoms with Gasteiger partial charge in [0.05, 0.1) is 0 Å². The van der Waals surface area contributed by atoms with Gasteiger partial charge in [0.15, 0.2) is 0 Å². The predicted octanol–water partition coefficient (Wildman–Crippen LogP) is 3.38. The van der Waals surface area contributed by atoms with Gasteiger partial charge in [0.1, 0.15) is 16.8 Å². The minimum atomic E-state index is 0.605. The molecule has 0 aromatic carbocycles. The molecule has 0 bridgehead atoms. The van der Waals surface area contributed by atoms with Crippen molar-refractivity contribution in [3.63, 3.8) is 0 Å². The van der Waals surface area contributed by atoms with Gasteiger partial charge < -0.3 is 4.90 Å². The third kappa shape index (κ3) is 2.71. The normalized spacial score (nSPS) is 15.1. The Kier molecular flexibility index (Phi) is 3.87. The molecule has 0 saturated heterocycles. The van der Waals surface area contributed by atoms with E-state index in [1.54, 1.807) is 0 Å². The Bertz CT molecular complexity index is 402. The monoisotopic (exact) mass is 253 g/mol. The summed E-state index contributed by atoms with van der Waals surface area (Å²) < 4.78 is 0. The molecule has 1 aromatic heterocycles. The fourth-order valence-electron chi connectivity index (χ4n) is 2.05. The quantitative estimate of drug-likeness (QED) is 0.754. The molecule has 1 saturated carbocycles. The van der Waals surface area contributed by atoms with Crippen LogP contribution in [0.1, 0.15) is 44.5 Å². The maximum Gasteiger partial charge on any atom is 0.137 e. The summed E-state index contributed by atoms with van der Waals surface area (Å²) in [4.78, 5) is 11.4. The van der Waals surface area contributed by atoms with Gasteiger partial charge in [-0.15, -0.1) is 0 Å². The summed E-state index contributed by atoms with van der Waals surface area (Å²) in [6.45, 7) is 7.34. The highest BCUT2D eigenvalue weighted by molar-refractivity contribution is 6.30. The van der Waals surface area contributed by atoms with Gasteiger partial charge in [0.25, 0.3) is 0 Å². The zero-order valence-corrected chi connectivity index (χ0v) is 11.6. The molecule has 1 aliphatic carbocycles. The van der Waals surface area contributed by atoms with E-state index in [1.807, 2.05) is 6.92 Å². The third-order valence-electron chi connectivity index (χ3n) is 3.15. The van der Waals surface area contributed by atoms with Crippen molar-refractivity contribution in [1.29, 1.82) is 0 Å². The molecule has 94 valence electrons. The van der Waals surface area contributed by atoms with Gasteiger partial charge in [-0.3, -0.25) is 0 Å². The molecule has 1 aliphatic rings. The highest BCUT2D eigenvalue weighted by Gasteiger charge is 2.31. The fourth-order valence-corrected chi connectivity index (χ4v) is 2.23. The molecule has 0 spiro atoms. The minimum Gasteiger partial charge on any atom is -0.353 e. The maximum atomic E-state index is 6.19. The Balaban J connectivity index is 2.36. The van der Waals surface area contributed by atoms with Crippen LogP contribution in [0.4, 0.5) is 5.82 Å². The van der Waals surface area contributed by atoms with Crippen LogP contribution in [0.15, 0.2) is 0 Å². The van der Waals surface area contributed by atoms with Gasteiger partial charge in [-0.25, -0.2) is 9.97 Å². The van der Waals surface area contributed by atoms with Crippen molar-refractivity contribution >= 4 is 17.4 Å². The average Bonchev–Trinajstić information content (AvgIpc) is 3.14. The van der Waals surface area contributed by atoms with E-state index in [0.29, 0.717) is 11.2 Å². The standard InChI is InChI=1S/C13H20ClN3/c1-4-8-17(10-6-7-10)13-9(3)12(14)15-11(5-2)16-13/h10H,4-8H2,1-3H3. The van der Waals surface area contributed by atoms with Crippen molar-refractivity contribution < 1.29 is 0 Å². The highest BCUT2D eigenvalue weighted by Crippen LogP contribution is 2.34. The second-order valence-electron chi connectivity index (χ2n) is 4.66. The van der Waals surface area contributed by atoms with E-state index < -0.39 is 0 Å². The molecule has 0 radical (unpaired) electrons. The first-order chi connectivity index (χ1) is 8.17. The van der Waals surface area contributed by atoms with Crippen molar-refractivity contribution in [3.05, 3.63) is 16.5 Å². The van der Waals surface area contributed by atoms with Crippen molar-refractivity contribution in [2.24, 2.45) is 0 Å². The summed E-state index contributed by atoms with van der Waals surface area (Å²) in [6.07, 6.45) is 4.53. The molecular weight excluding hydrogens is 234 g/mol. The molecule has 0 N–H and O–H groups in total. The number of aromatic nitrogens is 2. The Hall–Kier alpha value is -0.830. The first-order valence-corrected chi connectivity index (χ1v) is 6.84. The van der Waals surface area contributed by atoms with Crippen LogP contribution in [0.3, 0.4) is 0 Å². The van der Waals surface area contributed by atoms with Crippen LogP contribution < -0.4 is 4.90 Å². The lowest BCUT2D eigenvalue weighted by atomic mass is 10.2. The lowest BCUT2D eigenvalue weighted by Crippen LogP contribution is -2.28. The number of aryl methyl sites for hydroxylation is 1. The first-order valence-electron chi connectivity index (χ1n) is 6.47. The first kappa shape index (κ1) is 12.6. The molecule has 2 rings (SSSR count). The van der Waals surface area contributed by atoms with Gasteiger partial charge in [0.2, 0.25) is 0 Å². The molecule has 4 heteroatoms.